The number of nitrogens with one attached hydrogen (secondary N) is 3. The highest BCUT2D eigenvalue weighted by molar-refractivity contribution is 6.35. The second-order valence-corrected chi connectivity index (χ2v) is 4.96. The molecule has 124 valence electrons. The molecule has 1 aromatic rings. The minimum absolute atomic E-state index is 0. The average Bonchev–Trinajstić information content (AvgIpc) is 2.45. The zero-order chi connectivity index (χ0) is 15.7. The Kier molecular flexibility index (Phi) is 11.0. The van der Waals surface area contributed by atoms with E-state index in [0.717, 1.165) is 0 Å². The topological polar surface area (TPSA) is 79.5 Å². The van der Waals surface area contributed by atoms with Crippen molar-refractivity contribution in [2.45, 2.75) is 0 Å². The maximum atomic E-state index is 11.7. The smallest absolute Gasteiger partial charge is 0.243 e. The molecule has 3 N–H and O–H groups in total. The van der Waals surface area contributed by atoms with Crippen molar-refractivity contribution >= 4 is 53.1 Å². The van der Waals surface area contributed by atoms with Crippen LogP contribution in [0.4, 0.5) is 5.69 Å². The maximum Gasteiger partial charge on any atom is 0.243 e. The second kappa shape index (κ2) is 11.5. The molecular formula is C13H18Cl3N3O3. The van der Waals surface area contributed by atoms with Gasteiger partial charge in [0.1, 0.15) is 0 Å². The van der Waals surface area contributed by atoms with E-state index in [1.807, 2.05) is 0 Å². The number of hydrogen-bond acceptors (Lipinski definition) is 4. The number of rotatable bonds is 8. The molecule has 0 saturated heterocycles. The summed E-state index contributed by atoms with van der Waals surface area (Å²) in [6, 6.07) is 4.74. The van der Waals surface area contributed by atoms with Crippen LogP contribution in [-0.4, -0.2) is 45.2 Å². The summed E-state index contributed by atoms with van der Waals surface area (Å²) in [6.07, 6.45) is 0. The summed E-state index contributed by atoms with van der Waals surface area (Å²) >= 11 is 11.7. The number of carbonyl (C=O) groups excluding carboxylic acids is 2. The number of hydrogen-bond donors (Lipinski definition) is 3. The molecule has 0 bridgehead atoms. The van der Waals surface area contributed by atoms with E-state index in [4.69, 9.17) is 27.9 Å². The normalized spacial score (nSPS) is 9.77. The van der Waals surface area contributed by atoms with Crippen LogP contribution in [0.15, 0.2) is 18.2 Å². The van der Waals surface area contributed by atoms with Crippen molar-refractivity contribution in [1.29, 1.82) is 0 Å². The molecule has 22 heavy (non-hydrogen) atoms. The van der Waals surface area contributed by atoms with Crippen LogP contribution in [0.2, 0.25) is 10.0 Å². The maximum absolute atomic E-state index is 11.7. The molecule has 0 aliphatic carbocycles. The lowest BCUT2D eigenvalue weighted by molar-refractivity contribution is -0.123. The van der Waals surface area contributed by atoms with Crippen molar-refractivity contribution in [3.05, 3.63) is 28.2 Å². The third kappa shape index (κ3) is 8.41. The Labute approximate surface area is 145 Å². The van der Waals surface area contributed by atoms with Crippen molar-refractivity contribution in [3.63, 3.8) is 0 Å². The molecule has 1 rings (SSSR count). The van der Waals surface area contributed by atoms with E-state index < -0.39 is 0 Å². The highest BCUT2D eigenvalue weighted by Crippen LogP contribution is 2.25. The summed E-state index contributed by atoms with van der Waals surface area (Å²) in [4.78, 5) is 23.1. The Morgan fingerprint density at radius 3 is 2.59 bits per heavy atom. The van der Waals surface area contributed by atoms with E-state index in [1.54, 1.807) is 19.2 Å². The number of amides is 2. The molecule has 0 spiro atoms. The number of benzene rings is 1. The molecule has 0 aliphatic heterocycles. The predicted octanol–water partition coefficient (Wildman–Crippen LogP) is 1.71. The number of carbonyl (C=O) groups is 2. The highest BCUT2D eigenvalue weighted by Gasteiger charge is 2.08. The lowest BCUT2D eigenvalue weighted by atomic mass is 10.3. The van der Waals surface area contributed by atoms with Gasteiger partial charge >= 0.3 is 0 Å². The van der Waals surface area contributed by atoms with Gasteiger partial charge in [-0.05, 0) is 18.2 Å². The van der Waals surface area contributed by atoms with Gasteiger partial charge in [-0.3, -0.25) is 9.59 Å². The van der Waals surface area contributed by atoms with E-state index in [-0.39, 0.29) is 37.3 Å². The van der Waals surface area contributed by atoms with Crippen molar-refractivity contribution < 1.29 is 14.3 Å². The molecule has 6 nitrogen and oxygen atoms in total. The molecule has 0 saturated carbocycles. The Morgan fingerprint density at radius 2 is 1.91 bits per heavy atom. The lowest BCUT2D eigenvalue weighted by Crippen LogP contribution is -2.39. The first-order valence-electron chi connectivity index (χ1n) is 6.24. The molecule has 0 radical (unpaired) electrons. The minimum Gasteiger partial charge on any atom is -0.383 e. The first kappa shape index (κ1) is 20.9. The van der Waals surface area contributed by atoms with Gasteiger partial charge in [0.2, 0.25) is 11.8 Å². The third-order valence-electron chi connectivity index (χ3n) is 2.42. The molecule has 0 unspecified atom stereocenters. The summed E-state index contributed by atoms with van der Waals surface area (Å²) < 4.78 is 4.83. The number of methoxy groups -OCH3 is 1. The second-order valence-electron chi connectivity index (χ2n) is 4.12. The molecule has 0 heterocycles. The molecule has 1 aromatic carbocycles. The Bertz CT molecular complexity index is 501. The van der Waals surface area contributed by atoms with Gasteiger partial charge in [-0.2, -0.15) is 0 Å². The van der Waals surface area contributed by atoms with Crippen LogP contribution in [0.3, 0.4) is 0 Å². The van der Waals surface area contributed by atoms with Gasteiger partial charge in [-0.25, -0.2) is 0 Å². The van der Waals surface area contributed by atoms with Gasteiger partial charge in [0, 0.05) is 18.7 Å². The van der Waals surface area contributed by atoms with Gasteiger partial charge in [-0.1, -0.05) is 23.2 Å². The number of ether oxygens (including phenoxy) is 1. The van der Waals surface area contributed by atoms with Crippen LogP contribution in [-0.2, 0) is 14.3 Å². The number of anilines is 1. The zero-order valence-corrected chi connectivity index (χ0v) is 14.3. The molecule has 0 atom stereocenters. The monoisotopic (exact) mass is 369 g/mol. The van der Waals surface area contributed by atoms with Crippen LogP contribution in [0.25, 0.3) is 0 Å². The predicted molar refractivity (Wildman–Crippen MR) is 90.1 cm³/mol. The summed E-state index contributed by atoms with van der Waals surface area (Å²) in [6.45, 7) is 1.05. The average molecular weight is 371 g/mol. The fraction of sp³-hybridized carbons (Fsp3) is 0.385. The Balaban J connectivity index is 0.00000441. The van der Waals surface area contributed by atoms with Crippen molar-refractivity contribution in [1.82, 2.24) is 10.6 Å². The van der Waals surface area contributed by atoms with E-state index >= 15 is 0 Å². The van der Waals surface area contributed by atoms with E-state index in [9.17, 15) is 9.59 Å². The molecule has 0 aromatic heterocycles. The molecule has 9 heteroatoms. The van der Waals surface area contributed by atoms with Crippen molar-refractivity contribution in [2.75, 3.05) is 38.7 Å². The van der Waals surface area contributed by atoms with Crippen LogP contribution in [0.1, 0.15) is 0 Å². The van der Waals surface area contributed by atoms with Crippen LogP contribution >= 0.6 is 35.6 Å². The van der Waals surface area contributed by atoms with Crippen molar-refractivity contribution in [3.8, 4) is 0 Å². The SMILES string of the molecule is COCCNCC(=O)NCC(=O)Nc1cc(Cl)ccc1Cl.Cl. The van der Waals surface area contributed by atoms with Crippen LogP contribution < -0.4 is 16.0 Å². The van der Waals surface area contributed by atoms with E-state index in [1.165, 1.54) is 6.07 Å². The highest BCUT2D eigenvalue weighted by atomic mass is 35.5. The van der Waals surface area contributed by atoms with Gasteiger partial charge in [0.25, 0.3) is 0 Å². The largest absolute Gasteiger partial charge is 0.383 e. The molecule has 2 amide bonds. The zero-order valence-electron chi connectivity index (χ0n) is 11.9. The van der Waals surface area contributed by atoms with E-state index in [2.05, 4.69) is 16.0 Å². The quantitative estimate of drug-likeness (QED) is 0.609. The van der Waals surface area contributed by atoms with Gasteiger partial charge in [0.05, 0.1) is 30.4 Å². The molecule has 0 fully saturated rings. The molecular weight excluding hydrogens is 353 g/mol. The van der Waals surface area contributed by atoms with Gasteiger partial charge in [0.15, 0.2) is 0 Å². The minimum atomic E-state index is -0.385. The number of halogens is 3. The van der Waals surface area contributed by atoms with Crippen molar-refractivity contribution in [2.24, 2.45) is 0 Å². The first-order chi connectivity index (χ1) is 10.0. The fourth-order valence-electron chi connectivity index (χ4n) is 1.41. The molecule has 0 aliphatic rings. The van der Waals surface area contributed by atoms with Crippen LogP contribution in [0, 0.1) is 0 Å². The third-order valence-corrected chi connectivity index (χ3v) is 2.98. The fourth-order valence-corrected chi connectivity index (χ4v) is 1.74. The summed E-state index contributed by atoms with van der Waals surface area (Å²) in [5, 5.41) is 8.76. The Hall–Kier alpha value is -1.05. The van der Waals surface area contributed by atoms with Gasteiger partial charge in [-0.15, -0.1) is 12.4 Å². The lowest BCUT2D eigenvalue weighted by Gasteiger charge is -2.09. The summed E-state index contributed by atoms with van der Waals surface area (Å²) in [5.74, 6) is -0.664. The van der Waals surface area contributed by atoms with Crippen LogP contribution in [0.5, 0.6) is 0 Å². The summed E-state index contributed by atoms with van der Waals surface area (Å²) in [7, 11) is 1.58. The first-order valence-corrected chi connectivity index (χ1v) is 6.99. The Morgan fingerprint density at radius 1 is 1.18 bits per heavy atom. The van der Waals surface area contributed by atoms with E-state index in [0.29, 0.717) is 28.9 Å². The summed E-state index contributed by atoms with van der Waals surface area (Å²) in [5.41, 5.74) is 0.404. The standard InChI is InChI=1S/C13H17Cl2N3O3.ClH/c1-21-5-4-16-7-12(19)17-8-13(20)18-11-6-9(14)2-3-10(11)15;/h2-3,6,16H,4-5,7-8H2,1H3,(H,17,19)(H,18,20);1H. The van der Waals surface area contributed by atoms with Gasteiger partial charge < -0.3 is 20.7 Å².